The fourth-order valence-electron chi connectivity index (χ4n) is 3.63. The predicted octanol–water partition coefficient (Wildman–Crippen LogP) is 2.63. The molecule has 3 aliphatic rings. The van der Waals surface area contributed by atoms with Crippen molar-refractivity contribution in [1.82, 2.24) is 5.43 Å². The van der Waals surface area contributed by atoms with Gasteiger partial charge in [-0.2, -0.15) is 5.10 Å². The molecule has 0 aromatic heterocycles. The molecule has 0 radical (unpaired) electrons. The highest BCUT2D eigenvalue weighted by Gasteiger charge is 2.35. The van der Waals surface area contributed by atoms with Gasteiger partial charge in [-0.25, -0.2) is 5.43 Å². The van der Waals surface area contributed by atoms with Gasteiger partial charge in [0.25, 0.3) is 5.91 Å². The van der Waals surface area contributed by atoms with Gasteiger partial charge in [0.05, 0.1) is 5.69 Å². The van der Waals surface area contributed by atoms with E-state index >= 15 is 0 Å². The van der Waals surface area contributed by atoms with Crippen molar-refractivity contribution in [2.24, 2.45) is 11.0 Å². The number of anilines is 2. The van der Waals surface area contributed by atoms with E-state index in [2.05, 4.69) is 41.8 Å². The SMILES string of the molecule is Cc1cc2c(cc1NC(C)C1CCC1)N1C(=NNC(=O)C1C)CO2. The summed E-state index contributed by atoms with van der Waals surface area (Å²) in [5, 5.41) is 7.80. The van der Waals surface area contributed by atoms with Gasteiger partial charge in [0.2, 0.25) is 0 Å². The van der Waals surface area contributed by atoms with E-state index in [1.54, 1.807) is 0 Å². The van der Waals surface area contributed by atoms with Crippen molar-refractivity contribution in [3.8, 4) is 5.75 Å². The van der Waals surface area contributed by atoms with Crippen LogP contribution in [0.1, 0.15) is 38.7 Å². The number of nitrogens with one attached hydrogen (secondary N) is 2. The minimum Gasteiger partial charge on any atom is -0.483 e. The summed E-state index contributed by atoms with van der Waals surface area (Å²) in [5.74, 6) is 2.23. The number of aryl methyl sites for hydroxylation is 1. The molecule has 1 amide bonds. The number of carbonyl (C=O) groups excluding carboxylic acids is 1. The molecule has 2 aliphatic heterocycles. The molecule has 6 nitrogen and oxygen atoms in total. The van der Waals surface area contributed by atoms with Crippen LogP contribution in [0.5, 0.6) is 5.75 Å². The first-order valence-electron chi connectivity index (χ1n) is 8.74. The summed E-state index contributed by atoms with van der Waals surface area (Å²) < 4.78 is 5.85. The number of ether oxygens (including phenoxy) is 1. The van der Waals surface area contributed by atoms with Crippen LogP contribution in [0.15, 0.2) is 17.2 Å². The van der Waals surface area contributed by atoms with Crippen molar-refractivity contribution in [2.75, 3.05) is 16.8 Å². The van der Waals surface area contributed by atoms with Gasteiger partial charge in [0.1, 0.15) is 18.4 Å². The third-order valence-electron chi connectivity index (χ3n) is 5.50. The van der Waals surface area contributed by atoms with E-state index in [9.17, 15) is 4.79 Å². The molecule has 0 bridgehead atoms. The number of amides is 1. The van der Waals surface area contributed by atoms with E-state index in [1.807, 2.05) is 11.8 Å². The molecule has 2 unspecified atom stereocenters. The zero-order valence-electron chi connectivity index (χ0n) is 14.4. The molecule has 1 saturated carbocycles. The van der Waals surface area contributed by atoms with E-state index in [4.69, 9.17) is 4.74 Å². The number of amidine groups is 1. The first-order valence-corrected chi connectivity index (χ1v) is 8.74. The molecular formula is C18H24N4O2. The molecule has 2 atom stereocenters. The number of benzene rings is 1. The van der Waals surface area contributed by atoms with Crippen molar-refractivity contribution < 1.29 is 9.53 Å². The number of hydrogen-bond acceptors (Lipinski definition) is 5. The lowest BCUT2D eigenvalue weighted by molar-refractivity contribution is -0.122. The Labute approximate surface area is 142 Å². The maximum Gasteiger partial charge on any atom is 0.262 e. The van der Waals surface area contributed by atoms with Gasteiger partial charge >= 0.3 is 0 Å². The van der Waals surface area contributed by atoms with E-state index in [-0.39, 0.29) is 11.9 Å². The number of fused-ring (bicyclic) bond motifs is 3. The topological polar surface area (TPSA) is 66.0 Å². The average molecular weight is 328 g/mol. The summed E-state index contributed by atoms with van der Waals surface area (Å²) in [7, 11) is 0. The Morgan fingerprint density at radius 2 is 2.21 bits per heavy atom. The van der Waals surface area contributed by atoms with Crippen LogP contribution < -0.4 is 20.4 Å². The molecule has 1 fully saturated rings. The van der Waals surface area contributed by atoms with Gasteiger partial charge in [-0.05, 0) is 57.2 Å². The molecule has 6 heteroatoms. The fourth-order valence-corrected chi connectivity index (χ4v) is 3.63. The second kappa shape index (κ2) is 5.69. The quantitative estimate of drug-likeness (QED) is 0.895. The summed E-state index contributed by atoms with van der Waals surface area (Å²) >= 11 is 0. The van der Waals surface area contributed by atoms with Crippen molar-refractivity contribution in [2.45, 2.75) is 52.1 Å². The summed E-state index contributed by atoms with van der Waals surface area (Å²) in [4.78, 5) is 14.0. The smallest absolute Gasteiger partial charge is 0.262 e. The van der Waals surface area contributed by atoms with Crippen molar-refractivity contribution in [3.63, 3.8) is 0 Å². The summed E-state index contributed by atoms with van der Waals surface area (Å²) in [6.07, 6.45) is 3.96. The summed E-state index contributed by atoms with van der Waals surface area (Å²) in [6.45, 7) is 6.61. The highest BCUT2D eigenvalue weighted by Crippen LogP contribution is 2.40. The second-order valence-electron chi connectivity index (χ2n) is 7.10. The van der Waals surface area contributed by atoms with Crippen LogP contribution >= 0.6 is 0 Å². The minimum absolute atomic E-state index is 0.0930. The maximum atomic E-state index is 12.0. The number of hydrogen-bond donors (Lipinski definition) is 2. The zero-order chi connectivity index (χ0) is 16.8. The summed E-state index contributed by atoms with van der Waals surface area (Å²) in [6, 6.07) is 4.32. The minimum atomic E-state index is -0.292. The Balaban J connectivity index is 1.68. The van der Waals surface area contributed by atoms with Crippen LogP contribution in [-0.4, -0.2) is 30.4 Å². The first-order chi connectivity index (χ1) is 11.5. The molecule has 1 aromatic carbocycles. The van der Waals surface area contributed by atoms with Crippen LogP contribution in [0.4, 0.5) is 11.4 Å². The molecule has 2 N–H and O–H groups in total. The predicted molar refractivity (Wildman–Crippen MR) is 94.6 cm³/mol. The molecular weight excluding hydrogens is 304 g/mol. The highest BCUT2D eigenvalue weighted by molar-refractivity contribution is 6.09. The van der Waals surface area contributed by atoms with Crippen molar-refractivity contribution in [3.05, 3.63) is 17.7 Å². The number of carbonyl (C=O) groups is 1. The van der Waals surface area contributed by atoms with Crippen LogP contribution in [-0.2, 0) is 4.79 Å². The maximum absolute atomic E-state index is 12.0. The van der Waals surface area contributed by atoms with Gasteiger partial charge in [-0.3, -0.25) is 4.79 Å². The molecule has 4 rings (SSSR count). The van der Waals surface area contributed by atoms with Crippen LogP contribution in [0.25, 0.3) is 0 Å². The van der Waals surface area contributed by atoms with Crippen LogP contribution in [0, 0.1) is 12.8 Å². The molecule has 128 valence electrons. The lowest BCUT2D eigenvalue weighted by Gasteiger charge is -2.39. The number of nitrogens with zero attached hydrogens (tertiary/aromatic N) is 2. The largest absolute Gasteiger partial charge is 0.483 e. The Bertz CT molecular complexity index is 711. The Morgan fingerprint density at radius 3 is 2.92 bits per heavy atom. The monoisotopic (exact) mass is 328 g/mol. The molecule has 1 aliphatic carbocycles. The average Bonchev–Trinajstić information content (AvgIpc) is 2.49. The van der Waals surface area contributed by atoms with Gasteiger partial charge in [-0.1, -0.05) is 6.42 Å². The third-order valence-corrected chi connectivity index (χ3v) is 5.50. The first kappa shape index (κ1) is 15.3. The Kier molecular flexibility index (Phi) is 3.62. The zero-order valence-corrected chi connectivity index (χ0v) is 14.4. The third kappa shape index (κ3) is 2.41. The van der Waals surface area contributed by atoms with E-state index in [1.165, 1.54) is 19.3 Å². The van der Waals surface area contributed by atoms with Crippen LogP contribution in [0.2, 0.25) is 0 Å². The second-order valence-corrected chi connectivity index (χ2v) is 7.10. The van der Waals surface area contributed by atoms with Gasteiger partial charge in [-0.15, -0.1) is 0 Å². The van der Waals surface area contributed by atoms with E-state index in [0.29, 0.717) is 12.6 Å². The molecule has 0 spiro atoms. The normalized spacial score (nSPS) is 24.0. The molecule has 2 heterocycles. The number of hydrazone groups is 1. The number of rotatable bonds is 3. The van der Waals surface area contributed by atoms with Gasteiger partial charge < -0.3 is 15.0 Å². The summed E-state index contributed by atoms with van der Waals surface area (Å²) in [5.41, 5.74) is 5.74. The van der Waals surface area contributed by atoms with Gasteiger partial charge in [0.15, 0.2) is 5.84 Å². The standard InChI is InChI=1S/C18H24N4O2/c1-10-7-16-15(8-14(10)19-11(2)13-5-4-6-13)22-12(3)18(23)21-20-17(22)9-24-16/h7-8,11-13,19H,4-6,9H2,1-3H3,(H,21,23). The Hall–Kier alpha value is -2.24. The Morgan fingerprint density at radius 1 is 1.42 bits per heavy atom. The highest BCUT2D eigenvalue weighted by atomic mass is 16.5. The fraction of sp³-hybridized carbons (Fsp3) is 0.556. The molecule has 24 heavy (non-hydrogen) atoms. The molecule has 0 saturated heterocycles. The lowest BCUT2D eigenvalue weighted by atomic mass is 9.80. The van der Waals surface area contributed by atoms with Crippen LogP contribution in [0.3, 0.4) is 0 Å². The van der Waals surface area contributed by atoms with Gasteiger partial charge in [0, 0.05) is 11.7 Å². The lowest BCUT2D eigenvalue weighted by Crippen LogP contribution is -2.55. The molecule has 1 aromatic rings. The van der Waals surface area contributed by atoms with Crippen molar-refractivity contribution >= 4 is 23.1 Å². The van der Waals surface area contributed by atoms with E-state index in [0.717, 1.165) is 34.4 Å². The van der Waals surface area contributed by atoms with E-state index < -0.39 is 0 Å². The van der Waals surface area contributed by atoms with Crippen molar-refractivity contribution in [1.29, 1.82) is 0 Å².